The van der Waals surface area contributed by atoms with E-state index >= 15 is 0 Å². The number of likely N-dealkylation sites (tertiary alicyclic amines) is 1. The molecule has 1 N–H and O–H groups in total. The van der Waals surface area contributed by atoms with Crippen LogP contribution in [0.2, 0.25) is 5.02 Å². The number of amides is 1. The number of hydrogen-bond acceptors (Lipinski definition) is 1. The number of benzene rings is 2. The fourth-order valence-electron chi connectivity index (χ4n) is 4.29. The van der Waals surface area contributed by atoms with E-state index in [-0.39, 0.29) is 22.9 Å². The molecule has 0 bridgehead atoms. The summed E-state index contributed by atoms with van der Waals surface area (Å²) in [7, 11) is 0. The molecule has 152 valence electrons. The van der Waals surface area contributed by atoms with E-state index in [1.165, 1.54) is 31.2 Å². The van der Waals surface area contributed by atoms with Crippen molar-refractivity contribution in [3.05, 3.63) is 64.2 Å². The Kier molecular flexibility index (Phi) is 8.54. The minimum Gasteiger partial charge on any atom is -1.00 e. The zero-order chi connectivity index (χ0) is 19.3. The van der Waals surface area contributed by atoms with Crippen molar-refractivity contribution >= 4 is 23.2 Å². The van der Waals surface area contributed by atoms with Gasteiger partial charge in [-0.25, -0.2) is 0 Å². The molecule has 0 aliphatic carbocycles. The van der Waals surface area contributed by atoms with Crippen LogP contribution in [-0.2, 0) is 11.3 Å². The molecular formula is C23H30BrClN2O. The van der Waals surface area contributed by atoms with Crippen molar-refractivity contribution in [2.75, 3.05) is 25.0 Å². The molecule has 0 unspecified atom stereocenters. The van der Waals surface area contributed by atoms with E-state index in [2.05, 4.69) is 35.6 Å². The molecule has 2 aromatic carbocycles. The quantitative estimate of drug-likeness (QED) is 0.676. The Morgan fingerprint density at radius 2 is 1.57 bits per heavy atom. The summed E-state index contributed by atoms with van der Waals surface area (Å²) in [6.45, 7) is 7.58. The Labute approximate surface area is 184 Å². The maximum atomic E-state index is 13.0. The van der Waals surface area contributed by atoms with Gasteiger partial charge in [0.05, 0.1) is 13.1 Å². The van der Waals surface area contributed by atoms with Gasteiger partial charge < -0.3 is 26.8 Å². The second-order valence-electron chi connectivity index (χ2n) is 7.97. The molecule has 1 aliphatic heterocycles. The Morgan fingerprint density at radius 1 is 1.00 bits per heavy atom. The molecule has 1 fully saturated rings. The molecule has 3 rings (SSSR count). The molecule has 1 aliphatic rings. The lowest BCUT2D eigenvalue weighted by molar-refractivity contribution is -0.932. The van der Waals surface area contributed by atoms with E-state index in [1.54, 1.807) is 0 Å². The third-order valence-corrected chi connectivity index (χ3v) is 5.83. The van der Waals surface area contributed by atoms with E-state index in [1.807, 2.05) is 26.0 Å². The first-order valence-corrected chi connectivity index (χ1v) is 10.3. The standard InChI is InChI=1S/C23H29ClN2O.BrH/c1-18-14-21(24)15-19(2)23(18)25-22(27)17-26(12-8-3-4-9-13-26)16-20-10-6-5-7-11-20;/h5-7,10-11,14-15H,3-4,8-9,12-13,16-17H2,1-2H3;1H. The summed E-state index contributed by atoms with van der Waals surface area (Å²) in [5.74, 6) is 0.0985. The van der Waals surface area contributed by atoms with Gasteiger partial charge >= 0.3 is 0 Å². The first-order valence-electron chi connectivity index (χ1n) is 9.93. The van der Waals surface area contributed by atoms with Gasteiger partial charge in [-0.05, 0) is 62.8 Å². The van der Waals surface area contributed by atoms with Crippen molar-refractivity contribution in [3.63, 3.8) is 0 Å². The Balaban J connectivity index is 0.00000280. The minimum absolute atomic E-state index is 0. The van der Waals surface area contributed by atoms with E-state index < -0.39 is 0 Å². The largest absolute Gasteiger partial charge is 1.00 e. The Morgan fingerprint density at radius 3 is 2.14 bits per heavy atom. The van der Waals surface area contributed by atoms with Gasteiger partial charge in [-0.2, -0.15) is 0 Å². The zero-order valence-electron chi connectivity index (χ0n) is 16.8. The third kappa shape index (κ3) is 6.07. The third-order valence-electron chi connectivity index (χ3n) is 5.62. The molecule has 28 heavy (non-hydrogen) atoms. The molecule has 0 saturated carbocycles. The number of rotatable bonds is 5. The van der Waals surface area contributed by atoms with Gasteiger partial charge in [0.2, 0.25) is 0 Å². The van der Waals surface area contributed by atoms with Crippen LogP contribution >= 0.6 is 11.6 Å². The highest BCUT2D eigenvalue weighted by atomic mass is 79.9. The summed E-state index contributed by atoms with van der Waals surface area (Å²) in [6.07, 6.45) is 4.93. The van der Waals surface area contributed by atoms with Crippen LogP contribution in [0, 0.1) is 13.8 Å². The lowest BCUT2D eigenvalue weighted by atomic mass is 10.1. The summed E-state index contributed by atoms with van der Waals surface area (Å²) in [6, 6.07) is 14.4. The summed E-state index contributed by atoms with van der Waals surface area (Å²) in [5.41, 5.74) is 4.24. The van der Waals surface area contributed by atoms with Gasteiger partial charge in [0.1, 0.15) is 6.54 Å². The van der Waals surface area contributed by atoms with E-state index in [0.717, 1.165) is 40.9 Å². The predicted octanol–water partition coefficient (Wildman–Crippen LogP) is 2.49. The van der Waals surface area contributed by atoms with Crippen molar-refractivity contribution in [2.24, 2.45) is 0 Å². The van der Waals surface area contributed by atoms with Crippen LogP contribution in [0.25, 0.3) is 0 Å². The van der Waals surface area contributed by atoms with Crippen molar-refractivity contribution in [1.82, 2.24) is 0 Å². The van der Waals surface area contributed by atoms with Gasteiger partial charge in [0.25, 0.3) is 5.91 Å². The summed E-state index contributed by atoms with van der Waals surface area (Å²) in [5, 5.41) is 3.88. The molecule has 3 nitrogen and oxygen atoms in total. The first-order chi connectivity index (χ1) is 13.0. The van der Waals surface area contributed by atoms with Crippen LogP contribution in [0.3, 0.4) is 0 Å². The molecule has 1 saturated heterocycles. The highest BCUT2D eigenvalue weighted by Crippen LogP contribution is 2.26. The van der Waals surface area contributed by atoms with Crippen LogP contribution in [-0.4, -0.2) is 30.0 Å². The smallest absolute Gasteiger partial charge is 0.279 e. The maximum absolute atomic E-state index is 13.0. The van der Waals surface area contributed by atoms with Crippen molar-refractivity contribution in [2.45, 2.75) is 46.1 Å². The Hall–Kier alpha value is -1.36. The molecule has 1 amide bonds. The lowest BCUT2D eigenvalue weighted by Gasteiger charge is -2.37. The molecule has 0 atom stereocenters. The molecule has 2 aromatic rings. The number of nitrogens with one attached hydrogen (secondary N) is 1. The van der Waals surface area contributed by atoms with Gasteiger partial charge in [-0.1, -0.05) is 41.9 Å². The predicted molar refractivity (Wildman–Crippen MR) is 113 cm³/mol. The van der Waals surface area contributed by atoms with Crippen molar-refractivity contribution in [3.8, 4) is 0 Å². The van der Waals surface area contributed by atoms with Crippen LogP contribution < -0.4 is 22.3 Å². The normalized spacial score (nSPS) is 16.0. The van der Waals surface area contributed by atoms with Gasteiger partial charge in [0.15, 0.2) is 6.54 Å². The van der Waals surface area contributed by atoms with E-state index in [0.29, 0.717) is 11.6 Å². The van der Waals surface area contributed by atoms with Gasteiger partial charge in [-0.15, -0.1) is 0 Å². The first kappa shape index (κ1) is 22.9. The van der Waals surface area contributed by atoms with E-state index in [4.69, 9.17) is 11.6 Å². The number of halogens is 2. The summed E-state index contributed by atoms with van der Waals surface area (Å²) >= 11 is 6.13. The lowest BCUT2D eigenvalue weighted by Crippen LogP contribution is -3.00. The average molecular weight is 466 g/mol. The number of aryl methyl sites for hydroxylation is 2. The van der Waals surface area contributed by atoms with Crippen molar-refractivity contribution in [1.29, 1.82) is 0 Å². The number of carbonyl (C=O) groups excluding carboxylic acids is 1. The maximum Gasteiger partial charge on any atom is 0.279 e. The molecule has 0 spiro atoms. The monoisotopic (exact) mass is 464 g/mol. The molecule has 0 aromatic heterocycles. The van der Waals surface area contributed by atoms with Crippen LogP contribution in [0.15, 0.2) is 42.5 Å². The van der Waals surface area contributed by atoms with E-state index in [9.17, 15) is 4.79 Å². The number of carbonyl (C=O) groups is 1. The minimum atomic E-state index is 0. The van der Waals surface area contributed by atoms with Gasteiger partial charge in [-0.3, -0.25) is 4.79 Å². The second kappa shape index (κ2) is 10.4. The topological polar surface area (TPSA) is 29.1 Å². The van der Waals surface area contributed by atoms with Crippen LogP contribution in [0.5, 0.6) is 0 Å². The SMILES string of the molecule is Cc1cc(Cl)cc(C)c1NC(=O)C[N+]1(Cc2ccccc2)CCCCCC1.[Br-]. The number of anilines is 1. The molecule has 0 radical (unpaired) electrons. The van der Waals surface area contributed by atoms with Crippen LogP contribution in [0.4, 0.5) is 5.69 Å². The highest BCUT2D eigenvalue weighted by molar-refractivity contribution is 6.30. The number of nitrogens with zero attached hydrogens (tertiary/aromatic N) is 1. The fourth-order valence-corrected chi connectivity index (χ4v) is 4.62. The summed E-state index contributed by atoms with van der Waals surface area (Å²) < 4.78 is 0.849. The highest BCUT2D eigenvalue weighted by Gasteiger charge is 2.32. The Bertz CT molecular complexity index is 763. The van der Waals surface area contributed by atoms with Gasteiger partial charge in [0, 0.05) is 16.3 Å². The summed E-state index contributed by atoms with van der Waals surface area (Å²) in [4.78, 5) is 13.0. The number of quaternary nitrogens is 1. The molecule has 5 heteroatoms. The van der Waals surface area contributed by atoms with Crippen molar-refractivity contribution < 1.29 is 26.3 Å². The zero-order valence-corrected chi connectivity index (χ0v) is 19.2. The fraction of sp³-hybridized carbons (Fsp3) is 0.435. The second-order valence-corrected chi connectivity index (χ2v) is 8.40. The van der Waals surface area contributed by atoms with Crippen LogP contribution in [0.1, 0.15) is 42.4 Å². The molecular weight excluding hydrogens is 436 g/mol. The molecule has 1 heterocycles. The number of hydrogen-bond donors (Lipinski definition) is 1. The average Bonchev–Trinajstić information content (AvgIpc) is 2.84.